The number of aromatic nitrogens is 7. The number of H-pyrrole nitrogens is 1. The van der Waals surface area contributed by atoms with Gasteiger partial charge >= 0.3 is 6.18 Å². The summed E-state index contributed by atoms with van der Waals surface area (Å²) in [6.45, 7) is 0. The molecule has 0 saturated carbocycles. The van der Waals surface area contributed by atoms with Crippen LogP contribution in [-0.2, 0) is 6.18 Å². The van der Waals surface area contributed by atoms with Crippen molar-refractivity contribution in [1.29, 1.82) is 5.26 Å². The lowest BCUT2D eigenvalue weighted by atomic mass is 10.1. The minimum atomic E-state index is -4.94. The number of amides is 1. The third kappa shape index (κ3) is 4.11. The van der Waals surface area contributed by atoms with Gasteiger partial charge in [0.05, 0.1) is 37.0 Å². The van der Waals surface area contributed by atoms with Gasteiger partial charge in [-0.25, -0.2) is 9.97 Å². The lowest BCUT2D eigenvalue weighted by Gasteiger charge is -2.11. The lowest BCUT2D eigenvalue weighted by Crippen LogP contribution is -2.19. The van der Waals surface area contributed by atoms with E-state index in [1.807, 2.05) is 11.2 Å². The van der Waals surface area contributed by atoms with E-state index in [2.05, 4.69) is 30.6 Å². The van der Waals surface area contributed by atoms with Crippen LogP contribution in [0.2, 0.25) is 5.02 Å². The van der Waals surface area contributed by atoms with Crippen LogP contribution in [0.5, 0.6) is 5.88 Å². The van der Waals surface area contributed by atoms with E-state index in [9.17, 15) is 23.2 Å². The highest BCUT2D eigenvalue weighted by atomic mass is 35.5. The van der Waals surface area contributed by atoms with Crippen LogP contribution < -0.4 is 10.1 Å². The zero-order valence-electron chi connectivity index (χ0n) is 16.9. The highest BCUT2D eigenvalue weighted by molar-refractivity contribution is 6.34. The van der Waals surface area contributed by atoms with Gasteiger partial charge in [0.1, 0.15) is 22.3 Å². The van der Waals surface area contributed by atoms with Crippen LogP contribution in [0.25, 0.3) is 17.1 Å². The summed E-state index contributed by atoms with van der Waals surface area (Å²) in [7, 11) is 1.28. The van der Waals surface area contributed by atoms with Crippen molar-refractivity contribution in [3.63, 3.8) is 0 Å². The van der Waals surface area contributed by atoms with E-state index in [1.54, 1.807) is 0 Å². The third-order valence-electron chi connectivity index (χ3n) is 4.44. The molecule has 0 fully saturated rings. The predicted octanol–water partition coefficient (Wildman–Crippen LogP) is 3.25. The van der Waals surface area contributed by atoms with Crippen molar-refractivity contribution in [2.75, 3.05) is 12.4 Å². The van der Waals surface area contributed by atoms with Crippen molar-refractivity contribution in [2.45, 2.75) is 6.18 Å². The SMILES string of the molecule is COc1nccc(-c2n[nH]c(C(F)(F)F)c2C(=O)Nc2cnc(-n3nccn3)c(C#N)c2)c1Cl. The number of nitrogens with zero attached hydrogens (tertiary/aromatic N) is 7. The first-order chi connectivity index (χ1) is 16.2. The van der Waals surface area contributed by atoms with Crippen molar-refractivity contribution in [3.8, 4) is 29.0 Å². The zero-order chi connectivity index (χ0) is 24.5. The molecule has 2 N–H and O–H groups in total. The summed E-state index contributed by atoms with van der Waals surface area (Å²) in [5.41, 5.74) is -2.67. The minimum Gasteiger partial charge on any atom is -0.480 e. The van der Waals surface area contributed by atoms with Crippen LogP contribution in [-0.4, -0.2) is 48.2 Å². The second-order valence-corrected chi connectivity index (χ2v) is 6.86. The van der Waals surface area contributed by atoms with E-state index in [1.165, 1.54) is 37.8 Å². The highest BCUT2D eigenvalue weighted by Gasteiger charge is 2.40. The number of alkyl halides is 3. The zero-order valence-corrected chi connectivity index (χ0v) is 17.7. The Morgan fingerprint density at radius 3 is 2.65 bits per heavy atom. The second-order valence-electron chi connectivity index (χ2n) is 6.48. The second kappa shape index (κ2) is 8.79. The van der Waals surface area contributed by atoms with Gasteiger partial charge in [0.25, 0.3) is 5.91 Å². The van der Waals surface area contributed by atoms with Gasteiger partial charge in [0, 0.05) is 11.8 Å². The number of aromatic amines is 1. The maximum atomic E-state index is 13.7. The highest BCUT2D eigenvalue weighted by Crippen LogP contribution is 2.39. The Balaban J connectivity index is 1.77. The summed E-state index contributed by atoms with van der Waals surface area (Å²) in [5.74, 6) is -1.16. The number of carbonyl (C=O) groups is 1. The molecule has 0 spiro atoms. The van der Waals surface area contributed by atoms with E-state index < -0.39 is 23.3 Å². The van der Waals surface area contributed by atoms with Crippen LogP contribution in [0.3, 0.4) is 0 Å². The van der Waals surface area contributed by atoms with Gasteiger partial charge in [0.15, 0.2) is 11.5 Å². The number of halogens is 4. The molecule has 15 heteroatoms. The van der Waals surface area contributed by atoms with E-state index in [4.69, 9.17) is 16.3 Å². The maximum absolute atomic E-state index is 13.7. The van der Waals surface area contributed by atoms with Crippen LogP contribution in [0.4, 0.5) is 18.9 Å². The van der Waals surface area contributed by atoms with E-state index in [-0.39, 0.29) is 39.2 Å². The topological polar surface area (TPSA) is 147 Å². The average molecular weight is 490 g/mol. The Morgan fingerprint density at radius 1 is 1.26 bits per heavy atom. The largest absolute Gasteiger partial charge is 0.480 e. The number of nitriles is 1. The first-order valence-electron chi connectivity index (χ1n) is 9.17. The fraction of sp³-hybridized carbons (Fsp3) is 0.105. The summed E-state index contributed by atoms with van der Waals surface area (Å²) in [5, 5.41) is 24.9. The Kier molecular flexibility index (Phi) is 5.86. The van der Waals surface area contributed by atoms with Gasteiger partial charge in [-0.3, -0.25) is 9.89 Å². The molecule has 4 aromatic rings. The summed E-state index contributed by atoms with van der Waals surface area (Å²) >= 11 is 6.20. The van der Waals surface area contributed by atoms with E-state index >= 15 is 0 Å². The van der Waals surface area contributed by atoms with E-state index in [0.717, 1.165) is 11.0 Å². The average Bonchev–Trinajstić information content (AvgIpc) is 3.49. The van der Waals surface area contributed by atoms with Gasteiger partial charge in [-0.1, -0.05) is 11.6 Å². The third-order valence-corrected chi connectivity index (χ3v) is 4.80. The fourth-order valence-electron chi connectivity index (χ4n) is 3.00. The van der Waals surface area contributed by atoms with Crippen LogP contribution in [0.15, 0.2) is 36.9 Å². The van der Waals surface area contributed by atoms with Crippen molar-refractivity contribution in [1.82, 2.24) is 35.2 Å². The molecule has 11 nitrogen and oxygen atoms in total. The molecule has 0 aliphatic carbocycles. The molecule has 0 aliphatic heterocycles. The maximum Gasteiger partial charge on any atom is 0.433 e. The van der Waals surface area contributed by atoms with Gasteiger partial charge in [-0.2, -0.15) is 33.7 Å². The molecule has 0 unspecified atom stereocenters. The minimum absolute atomic E-state index is 0.0126. The first kappa shape index (κ1) is 22.7. The summed E-state index contributed by atoms with van der Waals surface area (Å²) in [6.07, 6.45) is 0.197. The summed E-state index contributed by atoms with van der Waals surface area (Å²) in [4.78, 5) is 22.0. The first-order valence-corrected chi connectivity index (χ1v) is 9.55. The molecule has 0 saturated heterocycles. The van der Waals surface area contributed by atoms with Crippen molar-refractivity contribution < 1.29 is 22.7 Å². The Hall–Kier alpha value is -4.51. The molecule has 4 heterocycles. The van der Waals surface area contributed by atoms with Gasteiger partial charge in [0.2, 0.25) is 5.88 Å². The number of hydrogen-bond acceptors (Lipinski definition) is 8. The van der Waals surface area contributed by atoms with Gasteiger partial charge in [-0.05, 0) is 12.1 Å². The molecule has 0 aliphatic rings. The van der Waals surface area contributed by atoms with Crippen molar-refractivity contribution in [3.05, 3.63) is 58.8 Å². The van der Waals surface area contributed by atoms with Crippen molar-refractivity contribution in [2.24, 2.45) is 0 Å². The van der Waals surface area contributed by atoms with Gasteiger partial charge < -0.3 is 10.1 Å². The van der Waals surface area contributed by atoms with Crippen LogP contribution >= 0.6 is 11.6 Å². The predicted molar refractivity (Wildman–Crippen MR) is 110 cm³/mol. The molecule has 0 radical (unpaired) electrons. The smallest absolute Gasteiger partial charge is 0.433 e. The Morgan fingerprint density at radius 2 is 2.00 bits per heavy atom. The lowest BCUT2D eigenvalue weighted by molar-refractivity contribution is -0.141. The molecule has 4 rings (SSSR count). The molecule has 4 aromatic heterocycles. The number of rotatable bonds is 5. The number of hydrogen-bond donors (Lipinski definition) is 2. The number of carbonyl (C=O) groups excluding carboxylic acids is 1. The van der Waals surface area contributed by atoms with Crippen LogP contribution in [0.1, 0.15) is 21.6 Å². The molecular weight excluding hydrogens is 479 g/mol. The monoisotopic (exact) mass is 489 g/mol. The number of methoxy groups -OCH3 is 1. The fourth-order valence-corrected chi connectivity index (χ4v) is 3.28. The summed E-state index contributed by atoms with van der Waals surface area (Å²) < 4.78 is 46.0. The molecular formula is C19H11ClF3N9O2. The standard InChI is InChI=1S/C19H11ClF3N9O2/c1-34-18-13(20)11(2-3-25-18)14-12(15(31-30-14)19(21,22)23)17(33)29-10-6-9(7-24)16(26-8-10)32-27-4-5-28-32/h2-6,8H,1H3,(H,29,33)(H,30,31). The number of ether oxygens (including phenoxy) is 1. The van der Waals surface area contributed by atoms with E-state index in [0.29, 0.717) is 0 Å². The number of nitrogens with one attached hydrogen (secondary N) is 2. The Bertz CT molecular complexity index is 1410. The summed E-state index contributed by atoms with van der Waals surface area (Å²) in [6, 6.07) is 4.39. The molecule has 0 aromatic carbocycles. The Labute approximate surface area is 193 Å². The molecule has 1 amide bonds. The van der Waals surface area contributed by atoms with Gasteiger partial charge in [-0.15, -0.1) is 4.80 Å². The number of pyridine rings is 2. The quantitative estimate of drug-likeness (QED) is 0.434. The molecule has 0 atom stereocenters. The molecule has 172 valence electrons. The van der Waals surface area contributed by atoms with Crippen molar-refractivity contribution >= 4 is 23.2 Å². The van der Waals surface area contributed by atoms with Crippen LogP contribution in [0, 0.1) is 11.3 Å². The normalized spacial score (nSPS) is 11.2. The molecule has 34 heavy (non-hydrogen) atoms. The number of anilines is 1. The molecule has 0 bridgehead atoms.